The quantitative estimate of drug-likeness (QED) is 0.236. The fraction of sp³-hybridized carbons (Fsp3) is 0.556. The number of aryl methyl sites for hydroxylation is 1. The van der Waals surface area contributed by atoms with Gasteiger partial charge in [-0.2, -0.15) is 5.12 Å². The molecule has 0 unspecified atom stereocenters. The summed E-state index contributed by atoms with van der Waals surface area (Å²) in [6, 6.07) is 8.12. The van der Waals surface area contributed by atoms with Crippen molar-refractivity contribution < 1.29 is 14.7 Å². The summed E-state index contributed by atoms with van der Waals surface area (Å²) in [5.41, 5.74) is 4.58. The Morgan fingerprint density at radius 1 is 1.04 bits per heavy atom. The Labute approximate surface area is 144 Å². The first-order chi connectivity index (χ1) is 11.5. The van der Waals surface area contributed by atoms with Crippen LogP contribution in [0.15, 0.2) is 24.3 Å². The number of amides is 1. The highest BCUT2D eigenvalue weighted by atomic mass is 16.4. The molecule has 0 bridgehead atoms. The Hall–Kier alpha value is -1.92. The van der Waals surface area contributed by atoms with Crippen LogP contribution in [0.5, 0.6) is 0 Å². The lowest BCUT2D eigenvalue weighted by Gasteiger charge is -2.17. The molecule has 0 aliphatic rings. The zero-order chi connectivity index (χ0) is 17.8. The summed E-state index contributed by atoms with van der Waals surface area (Å²) in [5.74, 6) is 3.85. The zero-order valence-electron chi connectivity index (χ0n) is 14.5. The molecule has 1 aromatic carbocycles. The Bertz CT molecular complexity index is 503. The van der Waals surface area contributed by atoms with Gasteiger partial charge < -0.3 is 5.11 Å². The number of carbonyl (C=O) groups is 2. The molecule has 0 heterocycles. The smallest absolute Gasteiger partial charge is 0.312 e. The maximum atomic E-state index is 11.3. The van der Waals surface area contributed by atoms with Gasteiger partial charge >= 0.3 is 5.97 Å². The maximum absolute atomic E-state index is 11.3. The molecule has 0 radical (unpaired) electrons. The van der Waals surface area contributed by atoms with Crippen molar-refractivity contribution in [3.8, 4) is 0 Å². The molecule has 1 rings (SSSR count). The lowest BCUT2D eigenvalue weighted by atomic mass is 10.0. The zero-order valence-corrected chi connectivity index (χ0v) is 14.5. The van der Waals surface area contributed by atoms with Gasteiger partial charge in [-0.05, 0) is 24.0 Å². The Kier molecular flexibility index (Phi) is 9.72. The molecule has 0 aliphatic carbocycles. The van der Waals surface area contributed by atoms with E-state index in [0.717, 1.165) is 17.1 Å². The van der Waals surface area contributed by atoms with Crippen LogP contribution in [-0.4, -0.2) is 22.1 Å². The molecule has 0 saturated carbocycles. The number of carboxylic acid groups (broad SMARTS) is 1. The third-order valence-electron chi connectivity index (χ3n) is 3.77. The Morgan fingerprint density at radius 3 is 2.25 bits per heavy atom. The van der Waals surface area contributed by atoms with Crippen molar-refractivity contribution in [2.75, 3.05) is 0 Å². The van der Waals surface area contributed by atoms with Crippen molar-refractivity contribution in [2.45, 2.75) is 64.8 Å². The predicted octanol–water partition coefficient (Wildman–Crippen LogP) is 2.77. The second-order valence-electron chi connectivity index (χ2n) is 6.07. The largest absolute Gasteiger partial charge is 0.481 e. The normalized spacial score (nSPS) is 10.8. The second-order valence-corrected chi connectivity index (χ2v) is 6.07. The molecule has 0 aliphatic heterocycles. The summed E-state index contributed by atoms with van der Waals surface area (Å²) in [6.07, 6.45) is 8.20. The van der Waals surface area contributed by atoms with Gasteiger partial charge in [0.25, 0.3) is 0 Å². The number of hydrogen-bond donors (Lipinski definition) is 3. The van der Waals surface area contributed by atoms with Crippen LogP contribution in [0, 0.1) is 0 Å². The first-order valence-electron chi connectivity index (χ1n) is 8.62. The fourth-order valence-corrected chi connectivity index (χ4v) is 2.49. The molecular weight excluding hydrogens is 306 g/mol. The highest BCUT2D eigenvalue weighted by molar-refractivity contribution is 5.92. The molecule has 0 atom stereocenters. The maximum Gasteiger partial charge on any atom is 0.312 e. The Balaban J connectivity index is 2.28. The van der Waals surface area contributed by atoms with Crippen molar-refractivity contribution in [3.63, 3.8) is 0 Å². The molecule has 134 valence electrons. The number of nitrogens with zero attached hydrogens (tertiary/aromatic N) is 1. The first kappa shape index (κ1) is 20.1. The molecule has 6 heteroatoms. The van der Waals surface area contributed by atoms with E-state index >= 15 is 0 Å². The van der Waals surface area contributed by atoms with Gasteiger partial charge in [0.15, 0.2) is 0 Å². The molecule has 1 aromatic rings. The van der Waals surface area contributed by atoms with E-state index < -0.39 is 18.3 Å². The van der Waals surface area contributed by atoms with Crippen molar-refractivity contribution in [1.82, 2.24) is 10.5 Å². The molecule has 0 fully saturated rings. The third-order valence-corrected chi connectivity index (χ3v) is 3.77. The topological polar surface area (TPSA) is 95.7 Å². The number of unbranched alkanes of at least 4 members (excludes halogenated alkanes) is 5. The summed E-state index contributed by atoms with van der Waals surface area (Å²) in [7, 11) is 0. The summed E-state index contributed by atoms with van der Waals surface area (Å²) < 4.78 is 0. The van der Waals surface area contributed by atoms with Crippen LogP contribution >= 0.6 is 0 Å². The van der Waals surface area contributed by atoms with Crippen LogP contribution in [-0.2, 0) is 22.6 Å². The number of nitrogens with two attached hydrogens (primary N) is 1. The third kappa shape index (κ3) is 9.27. The number of nitrogens with one attached hydrogen (secondary N) is 1. The number of benzene rings is 1. The molecule has 0 saturated heterocycles. The van der Waals surface area contributed by atoms with Gasteiger partial charge in [-0.3, -0.25) is 20.9 Å². The van der Waals surface area contributed by atoms with E-state index in [1.165, 1.54) is 44.1 Å². The average Bonchev–Trinajstić information content (AvgIpc) is 2.51. The van der Waals surface area contributed by atoms with E-state index in [2.05, 4.69) is 24.5 Å². The number of aliphatic carboxylic acids is 1. The number of hydrogen-bond acceptors (Lipinski definition) is 4. The van der Waals surface area contributed by atoms with E-state index in [1.54, 1.807) is 0 Å². The highest BCUT2D eigenvalue weighted by Crippen LogP contribution is 2.11. The number of carboxylic acids is 1. The van der Waals surface area contributed by atoms with Crippen LogP contribution in [0.25, 0.3) is 0 Å². The Morgan fingerprint density at radius 2 is 1.62 bits per heavy atom. The predicted molar refractivity (Wildman–Crippen MR) is 93.6 cm³/mol. The minimum absolute atomic E-state index is 0.322. The fourth-order valence-electron chi connectivity index (χ4n) is 2.49. The van der Waals surface area contributed by atoms with E-state index in [-0.39, 0.29) is 0 Å². The average molecular weight is 335 g/mol. The summed E-state index contributed by atoms with van der Waals surface area (Å²) >= 11 is 0. The second kappa shape index (κ2) is 11.6. The first-order valence-corrected chi connectivity index (χ1v) is 8.62. The van der Waals surface area contributed by atoms with Crippen LogP contribution < -0.4 is 11.3 Å². The summed E-state index contributed by atoms with van der Waals surface area (Å²) in [4.78, 5) is 21.7. The van der Waals surface area contributed by atoms with Crippen molar-refractivity contribution in [1.29, 1.82) is 0 Å². The molecule has 24 heavy (non-hydrogen) atoms. The van der Waals surface area contributed by atoms with Crippen molar-refractivity contribution >= 4 is 11.9 Å². The van der Waals surface area contributed by atoms with Crippen LogP contribution in [0.2, 0.25) is 0 Å². The molecule has 0 aromatic heterocycles. The van der Waals surface area contributed by atoms with Crippen molar-refractivity contribution in [3.05, 3.63) is 35.4 Å². The number of rotatable bonds is 12. The van der Waals surface area contributed by atoms with Gasteiger partial charge in [0.05, 0.1) is 6.54 Å². The SMILES string of the molecule is CCCCCCCCc1ccc(CN(N)NC(=O)CC(=O)O)cc1. The van der Waals surface area contributed by atoms with Gasteiger partial charge in [-0.1, -0.05) is 63.3 Å². The minimum Gasteiger partial charge on any atom is -0.481 e. The van der Waals surface area contributed by atoms with E-state index in [1.807, 2.05) is 12.1 Å². The van der Waals surface area contributed by atoms with Gasteiger partial charge in [0, 0.05) is 0 Å². The van der Waals surface area contributed by atoms with E-state index in [4.69, 9.17) is 10.9 Å². The molecule has 4 N–H and O–H groups in total. The van der Waals surface area contributed by atoms with E-state index in [9.17, 15) is 9.59 Å². The van der Waals surface area contributed by atoms with Gasteiger partial charge in [0.1, 0.15) is 6.42 Å². The van der Waals surface area contributed by atoms with Crippen LogP contribution in [0.1, 0.15) is 63.0 Å². The molecule has 1 amide bonds. The number of carbonyl (C=O) groups excluding carboxylic acids is 1. The van der Waals surface area contributed by atoms with Gasteiger partial charge in [-0.25, -0.2) is 0 Å². The van der Waals surface area contributed by atoms with Crippen LogP contribution in [0.3, 0.4) is 0 Å². The van der Waals surface area contributed by atoms with E-state index in [0.29, 0.717) is 6.54 Å². The lowest BCUT2D eigenvalue weighted by molar-refractivity contribution is -0.142. The van der Waals surface area contributed by atoms with Gasteiger partial charge in [-0.15, -0.1) is 0 Å². The minimum atomic E-state index is -1.18. The molecule has 0 spiro atoms. The molecule has 6 nitrogen and oxygen atoms in total. The van der Waals surface area contributed by atoms with Crippen molar-refractivity contribution in [2.24, 2.45) is 5.84 Å². The summed E-state index contributed by atoms with van der Waals surface area (Å²) in [5, 5.41) is 9.63. The van der Waals surface area contributed by atoms with Crippen LogP contribution in [0.4, 0.5) is 0 Å². The highest BCUT2D eigenvalue weighted by Gasteiger charge is 2.10. The summed E-state index contributed by atoms with van der Waals surface area (Å²) in [6.45, 7) is 2.55. The molecular formula is C18H29N3O3. The monoisotopic (exact) mass is 335 g/mol. The van der Waals surface area contributed by atoms with Gasteiger partial charge in [0.2, 0.25) is 5.91 Å². The standard InChI is InChI=1S/C18H29N3O3/c1-2-3-4-5-6-7-8-15-9-11-16(12-10-15)14-21(19)20-17(22)13-18(23)24/h9-12H,2-8,13-14,19H2,1H3,(H,20,22)(H,23,24). The number of hydrazine groups is 2. The lowest BCUT2D eigenvalue weighted by Crippen LogP contribution is -2.46.